The molecule has 124 valence electrons. The summed E-state index contributed by atoms with van der Waals surface area (Å²) >= 11 is 5.94. The Balaban J connectivity index is 1.50. The molecule has 0 radical (unpaired) electrons. The Hall–Kier alpha value is -2.33. The summed E-state index contributed by atoms with van der Waals surface area (Å²) in [6, 6.07) is 14.6. The third kappa shape index (κ3) is 4.59. The van der Waals surface area contributed by atoms with Crippen LogP contribution in [0.4, 0.5) is 0 Å². The van der Waals surface area contributed by atoms with Crippen LogP contribution < -0.4 is 10.6 Å². The SMILES string of the molecule is O=C(NCCc1cccc(Cl)c1)c1ccc(C(=O)NC2CC2)cc1. The van der Waals surface area contributed by atoms with Gasteiger partial charge in [0.2, 0.25) is 0 Å². The summed E-state index contributed by atoms with van der Waals surface area (Å²) in [6.45, 7) is 0.531. The molecular weight excluding hydrogens is 324 g/mol. The second-order valence-corrected chi connectivity index (χ2v) is 6.40. The number of amides is 2. The minimum atomic E-state index is -0.147. The van der Waals surface area contributed by atoms with E-state index in [0.717, 1.165) is 18.4 Å². The number of carbonyl (C=O) groups is 2. The summed E-state index contributed by atoms with van der Waals surface area (Å²) in [6.07, 6.45) is 2.83. The quantitative estimate of drug-likeness (QED) is 0.847. The van der Waals surface area contributed by atoms with Crippen molar-refractivity contribution in [1.82, 2.24) is 10.6 Å². The van der Waals surface area contributed by atoms with Crippen molar-refractivity contribution >= 4 is 23.4 Å². The van der Waals surface area contributed by atoms with Gasteiger partial charge in [-0.1, -0.05) is 23.7 Å². The highest BCUT2D eigenvalue weighted by molar-refractivity contribution is 6.30. The average molecular weight is 343 g/mol. The number of hydrogen-bond donors (Lipinski definition) is 2. The van der Waals surface area contributed by atoms with Gasteiger partial charge in [-0.3, -0.25) is 9.59 Å². The molecule has 0 unspecified atom stereocenters. The molecule has 4 nitrogen and oxygen atoms in total. The Bertz CT molecular complexity index is 739. The van der Waals surface area contributed by atoms with E-state index in [9.17, 15) is 9.59 Å². The molecule has 1 saturated carbocycles. The van der Waals surface area contributed by atoms with Gasteiger partial charge in [0.1, 0.15) is 0 Å². The Labute approximate surface area is 146 Å². The molecule has 0 bridgehead atoms. The van der Waals surface area contributed by atoms with Crippen molar-refractivity contribution in [2.75, 3.05) is 6.54 Å². The maximum absolute atomic E-state index is 12.1. The van der Waals surface area contributed by atoms with E-state index in [4.69, 9.17) is 11.6 Å². The molecule has 5 heteroatoms. The number of rotatable bonds is 6. The standard InChI is InChI=1S/C19H19ClN2O2/c20-16-3-1-2-13(12-16)10-11-21-18(23)14-4-6-15(7-5-14)19(24)22-17-8-9-17/h1-7,12,17H,8-11H2,(H,21,23)(H,22,24). The second-order valence-electron chi connectivity index (χ2n) is 5.96. The van der Waals surface area contributed by atoms with Gasteiger partial charge in [0.25, 0.3) is 11.8 Å². The molecule has 0 saturated heterocycles. The van der Waals surface area contributed by atoms with E-state index in [-0.39, 0.29) is 11.8 Å². The molecule has 0 heterocycles. The van der Waals surface area contributed by atoms with E-state index >= 15 is 0 Å². The molecule has 1 fully saturated rings. The minimum absolute atomic E-state index is 0.0783. The van der Waals surface area contributed by atoms with Crippen LogP contribution in [0.5, 0.6) is 0 Å². The summed E-state index contributed by atoms with van der Waals surface area (Å²) in [4.78, 5) is 24.0. The normalized spacial score (nSPS) is 13.4. The summed E-state index contributed by atoms with van der Waals surface area (Å²) in [5, 5.41) is 6.49. The van der Waals surface area contributed by atoms with Gasteiger partial charge in [0.15, 0.2) is 0 Å². The zero-order chi connectivity index (χ0) is 16.9. The molecule has 2 aromatic rings. The number of hydrogen-bond acceptors (Lipinski definition) is 2. The number of nitrogens with one attached hydrogen (secondary N) is 2. The van der Waals surface area contributed by atoms with E-state index in [1.165, 1.54) is 0 Å². The predicted molar refractivity (Wildman–Crippen MR) is 94.4 cm³/mol. The Morgan fingerprint density at radius 3 is 2.29 bits per heavy atom. The zero-order valence-electron chi connectivity index (χ0n) is 13.2. The average Bonchev–Trinajstić information content (AvgIpc) is 3.39. The Morgan fingerprint density at radius 2 is 1.67 bits per heavy atom. The Morgan fingerprint density at radius 1 is 1.00 bits per heavy atom. The first kappa shape index (κ1) is 16.5. The van der Waals surface area contributed by atoms with Crippen LogP contribution in [-0.2, 0) is 6.42 Å². The molecule has 0 spiro atoms. The lowest BCUT2D eigenvalue weighted by Crippen LogP contribution is -2.27. The smallest absolute Gasteiger partial charge is 0.251 e. The van der Waals surface area contributed by atoms with Gasteiger partial charge in [-0.05, 0) is 61.2 Å². The van der Waals surface area contributed by atoms with Gasteiger partial charge < -0.3 is 10.6 Å². The first-order chi connectivity index (χ1) is 11.6. The molecule has 0 aromatic heterocycles. The number of benzene rings is 2. The van der Waals surface area contributed by atoms with Crippen molar-refractivity contribution in [2.24, 2.45) is 0 Å². The van der Waals surface area contributed by atoms with Crippen molar-refractivity contribution in [3.8, 4) is 0 Å². The molecule has 1 aliphatic carbocycles. The third-order valence-corrected chi connectivity index (χ3v) is 4.15. The van der Waals surface area contributed by atoms with E-state index in [1.54, 1.807) is 24.3 Å². The van der Waals surface area contributed by atoms with E-state index in [2.05, 4.69) is 10.6 Å². The highest BCUT2D eigenvalue weighted by Gasteiger charge is 2.23. The molecule has 0 atom stereocenters. The van der Waals surface area contributed by atoms with Crippen LogP contribution in [0, 0.1) is 0 Å². The highest BCUT2D eigenvalue weighted by Crippen LogP contribution is 2.19. The van der Waals surface area contributed by atoms with Crippen LogP contribution in [0.1, 0.15) is 39.1 Å². The molecular formula is C19H19ClN2O2. The molecule has 1 aliphatic rings. The monoisotopic (exact) mass is 342 g/mol. The summed E-state index contributed by atoms with van der Waals surface area (Å²) in [7, 11) is 0. The summed E-state index contributed by atoms with van der Waals surface area (Å²) < 4.78 is 0. The molecule has 0 aliphatic heterocycles. The van der Waals surface area contributed by atoms with Gasteiger partial charge in [0.05, 0.1) is 0 Å². The maximum Gasteiger partial charge on any atom is 0.251 e. The highest BCUT2D eigenvalue weighted by atomic mass is 35.5. The minimum Gasteiger partial charge on any atom is -0.352 e. The third-order valence-electron chi connectivity index (χ3n) is 3.91. The van der Waals surface area contributed by atoms with Crippen molar-refractivity contribution in [2.45, 2.75) is 25.3 Å². The Kier molecular flexibility index (Phi) is 5.16. The maximum atomic E-state index is 12.1. The zero-order valence-corrected chi connectivity index (χ0v) is 14.0. The van der Waals surface area contributed by atoms with Crippen LogP contribution in [0.3, 0.4) is 0 Å². The topological polar surface area (TPSA) is 58.2 Å². The molecule has 3 rings (SSSR count). The van der Waals surface area contributed by atoms with Gasteiger partial charge in [0, 0.05) is 28.7 Å². The van der Waals surface area contributed by atoms with Crippen molar-refractivity contribution in [1.29, 1.82) is 0 Å². The van der Waals surface area contributed by atoms with Crippen LogP contribution in [0.15, 0.2) is 48.5 Å². The first-order valence-electron chi connectivity index (χ1n) is 8.05. The fourth-order valence-corrected chi connectivity index (χ4v) is 2.60. The molecule has 2 amide bonds. The van der Waals surface area contributed by atoms with Crippen LogP contribution in [-0.4, -0.2) is 24.4 Å². The molecule has 2 aromatic carbocycles. The lowest BCUT2D eigenvalue weighted by atomic mass is 10.1. The van der Waals surface area contributed by atoms with E-state index in [0.29, 0.717) is 35.2 Å². The van der Waals surface area contributed by atoms with Crippen molar-refractivity contribution in [3.05, 3.63) is 70.2 Å². The van der Waals surface area contributed by atoms with Crippen molar-refractivity contribution in [3.63, 3.8) is 0 Å². The first-order valence-corrected chi connectivity index (χ1v) is 8.43. The van der Waals surface area contributed by atoms with Crippen LogP contribution in [0.25, 0.3) is 0 Å². The van der Waals surface area contributed by atoms with Crippen LogP contribution in [0.2, 0.25) is 5.02 Å². The van der Waals surface area contributed by atoms with Gasteiger partial charge in [-0.15, -0.1) is 0 Å². The fraction of sp³-hybridized carbons (Fsp3) is 0.263. The van der Waals surface area contributed by atoms with Gasteiger partial charge >= 0.3 is 0 Å². The number of halogens is 1. The summed E-state index contributed by atoms with van der Waals surface area (Å²) in [5.41, 5.74) is 2.20. The predicted octanol–water partition coefficient (Wildman–Crippen LogP) is 3.20. The largest absolute Gasteiger partial charge is 0.352 e. The lowest BCUT2D eigenvalue weighted by molar-refractivity contribution is 0.0940. The fourth-order valence-electron chi connectivity index (χ4n) is 2.38. The van der Waals surface area contributed by atoms with Crippen LogP contribution >= 0.6 is 11.6 Å². The lowest BCUT2D eigenvalue weighted by Gasteiger charge is -2.07. The van der Waals surface area contributed by atoms with E-state index < -0.39 is 0 Å². The molecule has 2 N–H and O–H groups in total. The molecule has 24 heavy (non-hydrogen) atoms. The number of carbonyl (C=O) groups excluding carboxylic acids is 2. The second kappa shape index (κ2) is 7.49. The van der Waals surface area contributed by atoms with Gasteiger partial charge in [-0.2, -0.15) is 0 Å². The van der Waals surface area contributed by atoms with Crippen molar-refractivity contribution < 1.29 is 9.59 Å². The van der Waals surface area contributed by atoms with E-state index in [1.807, 2.05) is 24.3 Å². The summed E-state index contributed by atoms with van der Waals surface area (Å²) in [5.74, 6) is -0.225. The van der Waals surface area contributed by atoms with Gasteiger partial charge in [-0.25, -0.2) is 0 Å².